The molecule has 0 bridgehead atoms. The van der Waals surface area contributed by atoms with E-state index >= 15 is 0 Å². The second-order valence-corrected chi connectivity index (χ2v) is 3.90. The summed E-state index contributed by atoms with van der Waals surface area (Å²) in [6.45, 7) is 0. The Morgan fingerprint density at radius 2 is 2.27 bits per heavy atom. The lowest BCUT2D eigenvalue weighted by Crippen LogP contribution is -1.70. The minimum absolute atomic E-state index is 0.539. The highest BCUT2D eigenvalue weighted by Crippen LogP contribution is 2.23. The van der Waals surface area contributed by atoms with Crippen LogP contribution in [0.3, 0.4) is 0 Å². The highest BCUT2D eigenvalue weighted by Gasteiger charge is 2.04. The van der Waals surface area contributed by atoms with E-state index in [0.717, 1.165) is 14.7 Å². The van der Waals surface area contributed by atoms with E-state index in [1.54, 1.807) is 0 Å². The summed E-state index contributed by atoms with van der Waals surface area (Å²) in [6, 6.07) is 5.87. The van der Waals surface area contributed by atoms with Gasteiger partial charge in [-0.25, -0.2) is 4.98 Å². The van der Waals surface area contributed by atoms with Gasteiger partial charge in [0.15, 0.2) is 5.58 Å². The van der Waals surface area contributed by atoms with Crippen LogP contribution in [0.4, 0.5) is 0 Å². The van der Waals surface area contributed by atoms with Gasteiger partial charge in [-0.15, -0.1) is 0 Å². The standard InChI is InChI=1S/C7H3BrINO/c8-7-10-5-3-1-2-4(9)6(5)11-7/h1-3H. The highest BCUT2D eigenvalue weighted by molar-refractivity contribution is 14.1. The van der Waals surface area contributed by atoms with Crippen molar-refractivity contribution in [2.45, 2.75) is 0 Å². The number of nitrogens with zero attached hydrogens (tertiary/aromatic N) is 1. The van der Waals surface area contributed by atoms with Crippen molar-refractivity contribution in [1.29, 1.82) is 0 Å². The van der Waals surface area contributed by atoms with Crippen LogP contribution in [-0.4, -0.2) is 4.98 Å². The van der Waals surface area contributed by atoms with Crippen molar-refractivity contribution in [3.05, 3.63) is 26.6 Å². The van der Waals surface area contributed by atoms with Gasteiger partial charge in [0.1, 0.15) is 5.52 Å². The average Bonchev–Trinajstić information content (AvgIpc) is 2.31. The first-order chi connectivity index (χ1) is 5.27. The summed E-state index contributed by atoms with van der Waals surface area (Å²) in [4.78, 5) is 4.66. The topological polar surface area (TPSA) is 26.0 Å². The Morgan fingerprint density at radius 1 is 1.45 bits per heavy atom. The largest absolute Gasteiger partial charge is 0.430 e. The van der Waals surface area contributed by atoms with Crippen molar-refractivity contribution < 1.29 is 4.42 Å². The van der Waals surface area contributed by atoms with Gasteiger partial charge in [0.05, 0.1) is 3.57 Å². The Labute approximate surface area is 85.3 Å². The zero-order valence-corrected chi connectivity index (χ0v) is 9.09. The van der Waals surface area contributed by atoms with E-state index in [2.05, 4.69) is 43.5 Å². The van der Waals surface area contributed by atoms with Crippen LogP contribution in [-0.2, 0) is 0 Å². The number of hydrogen-bond donors (Lipinski definition) is 0. The molecule has 2 aromatic rings. The third-order valence-electron chi connectivity index (χ3n) is 1.34. The summed E-state index contributed by atoms with van der Waals surface area (Å²) >= 11 is 5.39. The molecule has 2 nitrogen and oxygen atoms in total. The van der Waals surface area contributed by atoms with Crippen LogP contribution >= 0.6 is 38.5 Å². The molecular weight excluding hydrogens is 321 g/mol. The molecule has 2 rings (SSSR count). The summed E-state index contributed by atoms with van der Waals surface area (Å²) in [5, 5.41) is 0. The van der Waals surface area contributed by atoms with Crippen LogP contribution < -0.4 is 0 Å². The maximum Gasteiger partial charge on any atom is 0.265 e. The summed E-state index contributed by atoms with van der Waals surface area (Å²) in [5.41, 5.74) is 1.74. The third kappa shape index (κ3) is 1.29. The molecule has 0 amide bonds. The molecule has 0 aliphatic rings. The van der Waals surface area contributed by atoms with E-state index in [4.69, 9.17) is 4.42 Å². The minimum Gasteiger partial charge on any atom is -0.430 e. The van der Waals surface area contributed by atoms with E-state index in [1.165, 1.54) is 0 Å². The number of rotatable bonds is 0. The maximum atomic E-state index is 5.30. The number of aromatic nitrogens is 1. The van der Waals surface area contributed by atoms with Gasteiger partial charge < -0.3 is 4.42 Å². The van der Waals surface area contributed by atoms with Crippen LogP contribution in [0.2, 0.25) is 0 Å². The van der Waals surface area contributed by atoms with Gasteiger partial charge in [0, 0.05) is 15.9 Å². The molecule has 0 unspecified atom stereocenters. The number of oxazole rings is 1. The zero-order chi connectivity index (χ0) is 7.84. The van der Waals surface area contributed by atoms with Gasteiger partial charge in [0.25, 0.3) is 4.80 Å². The first-order valence-electron chi connectivity index (χ1n) is 2.98. The number of fused-ring (bicyclic) bond motifs is 1. The van der Waals surface area contributed by atoms with Crippen LogP contribution in [0.5, 0.6) is 0 Å². The van der Waals surface area contributed by atoms with Crippen molar-refractivity contribution in [1.82, 2.24) is 4.98 Å². The molecule has 0 radical (unpaired) electrons. The van der Waals surface area contributed by atoms with Crippen molar-refractivity contribution in [2.24, 2.45) is 0 Å². The fourth-order valence-corrected chi connectivity index (χ4v) is 1.84. The Hall–Kier alpha value is -0.100. The predicted octanol–water partition coefficient (Wildman–Crippen LogP) is 3.19. The normalized spacial score (nSPS) is 10.7. The number of hydrogen-bond acceptors (Lipinski definition) is 2. The highest BCUT2D eigenvalue weighted by atomic mass is 127. The molecule has 0 fully saturated rings. The van der Waals surface area contributed by atoms with Crippen molar-refractivity contribution in [3.8, 4) is 0 Å². The molecule has 0 spiro atoms. The Balaban J connectivity index is 2.90. The van der Waals surface area contributed by atoms with Gasteiger partial charge in [0.2, 0.25) is 0 Å². The van der Waals surface area contributed by atoms with Crippen molar-refractivity contribution in [2.75, 3.05) is 0 Å². The van der Waals surface area contributed by atoms with E-state index in [-0.39, 0.29) is 0 Å². The smallest absolute Gasteiger partial charge is 0.265 e. The second-order valence-electron chi connectivity index (χ2n) is 2.05. The summed E-state index contributed by atoms with van der Waals surface area (Å²) in [6.07, 6.45) is 0. The molecule has 0 aliphatic carbocycles. The quantitative estimate of drug-likeness (QED) is 0.696. The Morgan fingerprint density at radius 3 is 3.00 bits per heavy atom. The van der Waals surface area contributed by atoms with E-state index in [1.807, 2.05) is 18.2 Å². The van der Waals surface area contributed by atoms with Crippen LogP contribution in [0.1, 0.15) is 0 Å². The Kier molecular flexibility index (Phi) is 1.88. The van der Waals surface area contributed by atoms with Crippen LogP contribution in [0, 0.1) is 3.57 Å². The molecule has 0 saturated carbocycles. The first-order valence-corrected chi connectivity index (χ1v) is 4.85. The molecule has 1 aromatic carbocycles. The maximum absolute atomic E-state index is 5.30. The molecule has 11 heavy (non-hydrogen) atoms. The van der Waals surface area contributed by atoms with E-state index < -0.39 is 0 Å². The molecule has 0 atom stereocenters. The van der Waals surface area contributed by atoms with Crippen molar-refractivity contribution >= 4 is 49.6 Å². The summed E-state index contributed by atoms with van der Waals surface area (Å²) < 4.78 is 6.38. The lowest BCUT2D eigenvalue weighted by molar-refractivity contribution is 0.568. The SMILES string of the molecule is Brc1nc2cccc(I)c2o1. The van der Waals surface area contributed by atoms with Crippen molar-refractivity contribution in [3.63, 3.8) is 0 Å². The Bertz CT molecular complexity index is 398. The first kappa shape index (κ1) is 7.54. The van der Waals surface area contributed by atoms with Gasteiger partial charge >= 0.3 is 0 Å². The molecule has 0 aliphatic heterocycles. The van der Waals surface area contributed by atoms with E-state index in [0.29, 0.717) is 4.80 Å². The fraction of sp³-hybridized carbons (Fsp3) is 0. The molecule has 0 N–H and O–H groups in total. The molecule has 0 saturated heterocycles. The molecule has 4 heteroatoms. The number of para-hydroxylation sites is 1. The van der Waals surface area contributed by atoms with Gasteiger partial charge in [-0.3, -0.25) is 0 Å². The summed E-state index contributed by atoms with van der Waals surface area (Å²) in [5.74, 6) is 0. The summed E-state index contributed by atoms with van der Waals surface area (Å²) in [7, 11) is 0. The molecule has 1 heterocycles. The average molecular weight is 324 g/mol. The monoisotopic (exact) mass is 323 g/mol. The lowest BCUT2D eigenvalue weighted by atomic mass is 10.3. The predicted molar refractivity (Wildman–Crippen MR) is 54.4 cm³/mol. The minimum atomic E-state index is 0.539. The van der Waals surface area contributed by atoms with Crippen LogP contribution in [0.25, 0.3) is 11.1 Å². The van der Waals surface area contributed by atoms with Gasteiger partial charge in [-0.2, -0.15) is 0 Å². The fourth-order valence-electron chi connectivity index (χ4n) is 0.888. The lowest BCUT2D eigenvalue weighted by Gasteiger charge is -1.87. The molecule has 1 aromatic heterocycles. The number of halogens is 2. The van der Waals surface area contributed by atoms with Gasteiger partial charge in [-0.1, -0.05) is 6.07 Å². The van der Waals surface area contributed by atoms with E-state index in [9.17, 15) is 0 Å². The number of benzene rings is 1. The zero-order valence-electron chi connectivity index (χ0n) is 5.34. The van der Waals surface area contributed by atoms with Crippen LogP contribution in [0.15, 0.2) is 27.4 Å². The third-order valence-corrected chi connectivity index (χ3v) is 2.53. The molecular formula is C7H3BrINO. The second kappa shape index (κ2) is 2.75. The van der Waals surface area contributed by atoms with Gasteiger partial charge in [-0.05, 0) is 34.7 Å². The molecule has 56 valence electrons.